The largest absolute Gasteiger partial charge is 0.393 e. The number of carbonyl (C=O) groups excluding carboxylic acids is 1. The number of rotatable bonds is 7. The Kier molecular flexibility index (Phi) is 6.10. The number of nitrogens with one attached hydrogen (secondary N) is 2. The monoisotopic (exact) mass is 343 g/mol. The van der Waals surface area contributed by atoms with Gasteiger partial charge in [-0.15, -0.1) is 0 Å². The van der Waals surface area contributed by atoms with Crippen molar-refractivity contribution in [1.82, 2.24) is 15.2 Å². The van der Waals surface area contributed by atoms with Gasteiger partial charge in [0.25, 0.3) is 0 Å². The second-order valence-electron chi connectivity index (χ2n) is 7.09. The van der Waals surface area contributed by atoms with Gasteiger partial charge >= 0.3 is 0 Å². The molecule has 25 heavy (non-hydrogen) atoms. The van der Waals surface area contributed by atoms with Crippen LogP contribution in [0.1, 0.15) is 36.8 Å². The first kappa shape index (κ1) is 18.0. The van der Waals surface area contributed by atoms with Crippen LogP contribution in [0.2, 0.25) is 0 Å². The minimum absolute atomic E-state index is 0.121. The summed E-state index contributed by atoms with van der Waals surface area (Å²) in [6.07, 6.45) is 5.90. The molecule has 5 heteroatoms. The molecule has 136 valence electrons. The van der Waals surface area contributed by atoms with Gasteiger partial charge in [0.2, 0.25) is 5.91 Å². The van der Waals surface area contributed by atoms with Gasteiger partial charge in [0.05, 0.1) is 6.10 Å². The third-order valence-corrected chi connectivity index (χ3v) is 5.16. The SMILES string of the molecule is Cc1cccc2c(CCC(=O)NCCCN3CCC(O)CC3)c[nH]c12. The number of aromatic nitrogens is 1. The van der Waals surface area contributed by atoms with E-state index in [1.165, 1.54) is 22.0 Å². The third kappa shape index (κ3) is 4.83. The highest BCUT2D eigenvalue weighted by Crippen LogP contribution is 2.22. The van der Waals surface area contributed by atoms with Crippen molar-refractivity contribution in [2.45, 2.75) is 45.1 Å². The zero-order valence-electron chi connectivity index (χ0n) is 15.1. The zero-order valence-corrected chi connectivity index (χ0v) is 15.1. The summed E-state index contributed by atoms with van der Waals surface area (Å²) in [6.45, 7) is 5.75. The van der Waals surface area contributed by atoms with Crippen LogP contribution in [0.4, 0.5) is 0 Å². The van der Waals surface area contributed by atoms with E-state index in [2.05, 4.69) is 40.3 Å². The Morgan fingerprint density at radius 1 is 1.36 bits per heavy atom. The van der Waals surface area contributed by atoms with Crippen molar-refractivity contribution >= 4 is 16.8 Å². The van der Waals surface area contributed by atoms with Gasteiger partial charge in [-0.1, -0.05) is 18.2 Å². The molecule has 1 amide bonds. The van der Waals surface area contributed by atoms with Crippen molar-refractivity contribution in [1.29, 1.82) is 0 Å². The predicted octanol–water partition coefficient (Wildman–Crippen LogP) is 2.37. The number of hydrogen-bond acceptors (Lipinski definition) is 3. The number of para-hydroxylation sites is 1. The molecule has 1 aromatic carbocycles. The number of aromatic amines is 1. The van der Waals surface area contributed by atoms with Crippen molar-refractivity contribution in [3.8, 4) is 0 Å². The molecule has 3 N–H and O–H groups in total. The maximum absolute atomic E-state index is 12.1. The minimum atomic E-state index is -0.121. The molecule has 3 rings (SSSR count). The van der Waals surface area contributed by atoms with Crippen LogP contribution >= 0.6 is 0 Å². The number of aryl methyl sites for hydroxylation is 2. The van der Waals surface area contributed by atoms with Crippen LogP contribution in [0.15, 0.2) is 24.4 Å². The number of likely N-dealkylation sites (tertiary alicyclic amines) is 1. The van der Waals surface area contributed by atoms with E-state index in [1.54, 1.807) is 0 Å². The molecule has 1 saturated heterocycles. The molecule has 1 fully saturated rings. The molecule has 1 aliphatic heterocycles. The molecule has 0 saturated carbocycles. The van der Waals surface area contributed by atoms with Crippen LogP contribution in [0.5, 0.6) is 0 Å². The average Bonchev–Trinajstić information content (AvgIpc) is 3.03. The maximum atomic E-state index is 12.1. The summed E-state index contributed by atoms with van der Waals surface area (Å²) >= 11 is 0. The van der Waals surface area contributed by atoms with E-state index in [4.69, 9.17) is 0 Å². The van der Waals surface area contributed by atoms with E-state index in [-0.39, 0.29) is 12.0 Å². The average molecular weight is 343 g/mol. The number of aliphatic hydroxyl groups is 1. The highest BCUT2D eigenvalue weighted by molar-refractivity contribution is 5.86. The number of amides is 1. The van der Waals surface area contributed by atoms with E-state index >= 15 is 0 Å². The molecule has 0 aliphatic carbocycles. The van der Waals surface area contributed by atoms with Gasteiger partial charge in [-0.2, -0.15) is 0 Å². The number of H-pyrrole nitrogens is 1. The fraction of sp³-hybridized carbons (Fsp3) is 0.550. The number of nitrogens with zero attached hydrogens (tertiary/aromatic N) is 1. The topological polar surface area (TPSA) is 68.4 Å². The van der Waals surface area contributed by atoms with E-state index in [9.17, 15) is 9.90 Å². The molecule has 1 aliphatic rings. The Balaban J connectivity index is 1.36. The normalized spacial score (nSPS) is 16.4. The Morgan fingerprint density at radius 2 is 2.16 bits per heavy atom. The molecule has 0 unspecified atom stereocenters. The summed E-state index contributed by atoms with van der Waals surface area (Å²) in [4.78, 5) is 17.8. The number of piperidine rings is 1. The van der Waals surface area contributed by atoms with Gasteiger partial charge < -0.3 is 20.3 Å². The van der Waals surface area contributed by atoms with Crippen molar-refractivity contribution in [2.24, 2.45) is 0 Å². The van der Waals surface area contributed by atoms with E-state index in [0.29, 0.717) is 6.42 Å². The molecule has 0 spiro atoms. The van der Waals surface area contributed by atoms with Gasteiger partial charge in [0.15, 0.2) is 0 Å². The lowest BCUT2D eigenvalue weighted by molar-refractivity contribution is -0.121. The second-order valence-corrected chi connectivity index (χ2v) is 7.09. The van der Waals surface area contributed by atoms with Crippen LogP contribution in [-0.4, -0.2) is 53.2 Å². The molecular formula is C20H29N3O2. The molecule has 0 bridgehead atoms. The molecule has 2 heterocycles. The Morgan fingerprint density at radius 3 is 2.96 bits per heavy atom. The zero-order chi connectivity index (χ0) is 17.6. The number of aliphatic hydroxyl groups excluding tert-OH is 1. The molecular weight excluding hydrogens is 314 g/mol. The number of benzene rings is 1. The number of carbonyl (C=O) groups is 1. The quantitative estimate of drug-likeness (QED) is 0.676. The number of hydrogen-bond donors (Lipinski definition) is 3. The Labute approximate surface area is 149 Å². The van der Waals surface area contributed by atoms with E-state index in [0.717, 1.165) is 51.9 Å². The van der Waals surface area contributed by atoms with Crippen LogP contribution in [0, 0.1) is 6.92 Å². The Hall–Kier alpha value is -1.85. The first-order valence-electron chi connectivity index (χ1n) is 9.36. The van der Waals surface area contributed by atoms with E-state index in [1.807, 2.05) is 6.20 Å². The third-order valence-electron chi connectivity index (χ3n) is 5.16. The second kappa shape index (κ2) is 8.50. The molecule has 0 radical (unpaired) electrons. The first-order valence-corrected chi connectivity index (χ1v) is 9.36. The molecule has 5 nitrogen and oxygen atoms in total. The van der Waals surface area contributed by atoms with Gasteiger partial charge in [-0.05, 0) is 50.3 Å². The fourth-order valence-corrected chi connectivity index (χ4v) is 3.58. The highest BCUT2D eigenvalue weighted by Gasteiger charge is 2.16. The summed E-state index contributed by atoms with van der Waals surface area (Å²) in [5.41, 5.74) is 3.61. The summed E-state index contributed by atoms with van der Waals surface area (Å²) < 4.78 is 0. The van der Waals surface area contributed by atoms with Gasteiger partial charge in [0.1, 0.15) is 0 Å². The van der Waals surface area contributed by atoms with Crippen molar-refractivity contribution < 1.29 is 9.90 Å². The van der Waals surface area contributed by atoms with Crippen molar-refractivity contribution in [3.05, 3.63) is 35.5 Å². The Bertz CT molecular complexity index is 702. The summed E-state index contributed by atoms with van der Waals surface area (Å²) in [7, 11) is 0. The molecule has 1 aromatic heterocycles. The summed E-state index contributed by atoms with van der Waals surface area (Å²) in [6, 6.07) is 6.27. The van der Waals surface area contributed by atoms with Crippen LogP contribution in [0.25, 0.3) is 10.9 Å². The van der Waals surface area contributed by atoms with Crippen molar-refractivity contribution in [2.75, 3.05) is 26.2 Å². The lowest BCUT2D eigenvalue weighted by Crippen LogP contribution is -2.37. The van der Waals surface area contributed by atoms with Crippen LogP contribution in [-0.2, 0) is 11.2 Å². The maximum Gasteiger partial charge on any atom is 0.220 e. The smallest absolute Gasteiger partial charge is 0.220 e. The molecule has 2 aromatic rings. The lowest BCUT2D eigenvalue weighted by Gasteiger charge is -2.29. The first-order chi connectivity index (χ1) is 12.1. The van der Waals surface area contributed by atoms with Crippen molar-refractivity contribution in [3.63, 3.8) is 0 Å². The predicted molar refractivity (Wildman–Crippen MR) is 101 cm³/mol. The van der Waals surface area contributed by atoms with Gasteiger partial charge in [-0.3, -0.25) is 4.79 Å². The summed E-state index contributed by atoms with van der Waals surface area (Å²) in [5, 5.41) is 13.8. The van der Waals surface area contributed by atoms with Crippen LogP contribution < -0.4 is 5.32 Å². The lowest BCUT2D eigenvalue weighted by atomic mass is 10.1. The van der Waals surface area contributed by atoms with Gasteiger partial charge in [0, 0.05) is 43.2 Å². The standard InChI is InChI=1S/C20H29N3O2/c1-15-4-2-5-18-16(14-22-20(15)18)6-7-19(25)21-10-3-11-23-12-8-17(24)9-13-23/h2,4-5,14,17,22,24H,3,6-13H2,1H3,(H,21,25). The fourth-order valence-electron chi connectivity index (χ4n) is 3.58. The van der Waals surface area contributed by atoms with Gasteiger partial charge in [-0.25, -0.2) is 0 Å². The molecule has 0 atom stereocenters. The summed E-state index contributed by atoms with van der Waals surface area (Å²) in [5.74, 6) is 0.121. The number of fused-ring (bicyclic) bond motifs is 1. The van der Waals surface area contributed by atoms with E-state index < -0.39 is 0 Å². The highest BCUT2D eigenvalue weighted by atomic mass is 16.3. The minimum Gasteiger partial charge on any atom is -0.393 e. The van der Waals surface area contributed by atoms with Crippen LogP contribution in [0.3, 0.4) is 0 Å².